The highest BCUT2D eigenvalue weighted by atomic mass is 16.5. The molecule has 3 aromatic carbocycles. The molecule has 1 N–H and O–H groups in total. The minimum atomic E-state index is -0.173. The molecule has 0 aliphatic rings. The summed E-state index contributed by atoms with van der Waals surface area (Å²) in [7, 11) is 1.64. The fourth-order valence-corrected chi connectivity index (χ4v) is 3.27. The topological polar surface area (TPSA) is 56.1 Å². The van der Waals surface area contributed by atoms with Crippen LogP contribution in [0.1, 0.15) is 21.6 Å². The molecule has 4 rings (SSSR count). The lowest BCUT2D eigenvalue weighted by atomic mass is 10.1. The first kappa shape index (κ1) is 19.5. The van der Waals surface area contributed by atoms with Gasteiger partial charge in [0.1, 0.15) is 11.4 Å². The predicted octanol–water partition coefficient (Wildman–Crippen LogP) is 4.79. The maximum absolute atomic E-state index is 13.1. The molecule has 0 fully saturated rings. The van der Waals surface area contributed by atoms with E-state index >= 15 is 0 Å². The van der Waals surface area contributed by atoms with E-state index in [1.807, 2.05) is 91.9 Å². The number of carbonyl (C=O) groups is 1. The fourth-order valence-electron chi connectivity index (χ4n) is 3.27. The van der Waals surface area contributed by atoms with E-state index in [-0.39, 0.29) is 5.91 Å². The van der Waals surface area contributed by atoms with E-state index in [2.05, 4.69) is 5.32 Å². The van der Waals surface area contributed by atoms with Crippen LogP contribution in [0.4, 0.5) is 0 Å². The van der Waals surface area contributed by atoms with Crippen molar-refractivity contribution in [3.63, 3.8) is 0 Å². The van der Waals surface area contributed by atoms with Crippen molar-refractivity contribution in [3.8, 4) is 22.7 Å². The molecule has 0 bridgehead atoms. The first-order chi connectivity index (χ1) is 14.6. The summed E-state index contributed by atoms with van der Waals surface area (Å²) in [6, 6.07) is 27.3. The van der Waals surface area contributed by atoms with Gasteiger partial charge in [-0.2, -0.15) is 5.10 Å². The summed E-state index contributed by atoms with van der Waals surface area (Å²) in [4.78, 5) is 13.1. The highest BCUT2D eigenvalue weighted by molar-refractivity contribution is 5.94. The van der Waals surface area contributed by atoms with Crippen LogP contribution in [0.25, 0.3) is 16.9 Å². The summed E-state index contributed by atoms with van der Waals surface area (Å²) in [5.74, 6) is 0.602. The smallest absolute Gasteiger partial charge is 0.270 e. The summed E-state index contributed by atoms with van der Waals surface area (Å²) < 4.78 is 6.94. The van der Waals surface area contributed by atoms with Gasteiger partial charge in [-0.05, 0) is 60.5 Å². The van der Waals surface area contributed by atoms with Crippen molar-refractivity contribution in [1.82, 2.24) is 15.1 Å². The quantitative estimate of drug-likeness (QED) is 0.509. The average molecular weight is 397 g/mol. The second-order valence-corrected chi connectivity index (χ2v) is 7.06. The van der Waals surface area contributed by atoms with Crippen LogP contribution in [0.3, 0.4) is 0 Å². The molecule has 0 atom stereocenters. The Kier molecular flexibility index (Phi) is 5.61. The number of ether oxygens (including phenoxy) is 1. The number of aryl methyl sites for hydroxylation is 1. The molecule has 0 aliphatic heterocycles. The second-order valence-electron chi connectivity index (χ2n) is 7.06. The summed E-state index contributed by atoms with van der Waals surface area (Å²) in [6.45, 7) is 2.48. The van der Waals surface area contributed by atoms with E-state index in [4.69, 9.17) is 9.84 Å². The molecule has 30 heavy (non-hydrogen) atoms. The number of nitrogens with one attached hydrogen (secondary N) is 1. The Bertz CT molecular complexity index is 1150. The van der Waals surface area contributed by atoms with Gasteiger partial charge in [-0.1, -0.05) is 42.5 Å². The van der Waals surface area contributed by atoms with Gasteiger partial charge in [-0.25, -0.2) is 4.68 Å². The molecular weight excluding hydrogens is 374 g/mol. The van der Waals surface area contributed by atoms with E-state index in [1.54, 1.807) is 11.8 Å². The minimum absolute atomic E-state index is 0.173. The van der Waals surface area contributed by atoms with Gasteiger partial charge in [-0.15, -0.1) is 0 Å². The predicted molar refractivity (Wildman–Crippen MR) is 118 cm³/mol. The van der Waals surface area contributed by atoms with Crippen molar-refractivity contribution >= 4 is 5.91 Å². The van der Waals surface area contributed by atoms with E-state index < -0.39 is 0 Å². The Balaban J connectivity index is 1.69. The number of amides is 1. The van der Waals surface area contributed by atoms with Crippen molar-refractivity contribution in [1.29, 1.82) is 0 Å². The number of carbonyl (C=O) groups excluding carboxylic acids is 1. The van der Waals surface area contributed by atoms with Gasteiger partial charge >= 0.3 is 0 Å². The largest absolute Gasteiger partial charge is 0.497 e. The number of nitrogens with zero attached hydrogens (tertiary/aromatic N) is 2. The number of benzene rings is 3. The molecule has 4 aromatic rings. The molecule has 0 radical (unpaired) electrons. The molecule has 0 spiro atoms. The molecule has 1 aromatic heterocycles. The molecule has 1 amide bonds. The lowest BCUT2D eigenvalue weighted by Gasteiger charge is -2.09. The third kappa shape index (κ3) is 4.25. The summed E-state index contributed by atoms with van der Waals surface area (Å²) >= 11 is 0. The molecular formula is C25H23N3O2. The van der Waals surface area contributed by atoms with Gasteiger partial charge in [0.05, 0.1) is 18.5 Å². The maximum Gasteiger partial charge on any atom is 0.270 e. The lowest BCUT2D eigenvalue weighted by molar-refractivity contribution is 0.0943. The van der Waals surface area contributed by atoms with Crippen LogP contribution < -0.4 is 10.1 Å². The van der Waals surface area contributed by atoms with Gasteiger partial charge in [0.25, 0.3) is 5.91 Å². The van der Waals surface area contributed by atoms with Crippen LogP contribution in [-0.4, -0.2) is 22.8 Å². The van der Waals surface area contributed by atoms with Crippen LogP contribution in [0, 0.1) is 6.92 Å². The molecule has 0 saturated heterocycles. The molecule has 150 valence electrons. The number of hydrogen-bond donors (Lipinski definition) is 1. The first-order valence-electron chi connectivity index (χ1n) is 9.78. The van der Waals surface area contributed by atoms with Gasteiger partial charge in [0, 0.05) is 12.1 Å². The first-order valence-corrected chi connectivity index (χ1v) is 9.78. The van der Waals surface area contributed by atoms with Gasteiger partial charge < -0.3 is 10.1 Å². The third-order valence-electron chi connectivity index (χ3n) is 4.87. The van der Waals surface area contributed by atoms with Gasteiger partial charge in [0.2, 0.25) is 0 Å². The van der Waals surface area contributed by atoms with Crippen molar-refractivity contribution in [2.75, 3.05) is 7.11 Å². The highest BCUT2D eigenvalue weighted by Crippen LogP contribution is 2.24. The molecule has 0 saturated carbocycles. The zero-order chi connectivity index (χ0) is 20.9. The number of hydrogen-bond acceptors (Lipinski definition) is 3. The SMILES string of the molecule is COc1ccc(-c2cc(C(=O)NCc3ccccc3)n(-c3cccc(C)c3)n2)cc1. The van der Waals surface area contributed by atoms with E-state index in [0.29, 0.717) is 12.2 Å². The van der Waals surface area contributed by atoms with Gasteiger partial charge in [0.15, 0.2) is 0 Å². The summed E-state index contributed by atoms with van der Waals surface area (Å²) in [5, 5.41) is 7.74. The van der Waals surface area contributed by atoms with Crippen LogP contribution in [-0.2, 0) is 6.54 Å². The number of rotatable bonds is 6. The van der Waals surface area contributed by atoms with Crippen LogP contribution in [0.15, 0.2) is 84.9 Å². The fraction of sp³-hybridized carbons (Fsp3) is 0.120. The Hall–Kier alpha value is -3.86. The van der Waals surface area contributed by atoms with Crippen LogP contribution >= 0.6 is 0 Å². The molecule has 0 unspecified atom stereocenters. The second kappa shape index (κ2) is 8.66. The number of aromatic nitrogens is 2. The Morgan fingerprint density at radius 2 is 1.73 bits per heavy atom. The molecule has 5 nitrogen and oxygen atoms in total. The van der Waals surface area contributed by atoms with Crippen LogP contribution in [0.5, 0.6) is 5.75 Å². The standard InChI is InChI=1S/C25H23N3O2/c1-18-7-6-10-21(15-18)28-24(25(29)26-17-19-8-4-3-5-9-19)16-23(27-28)20-11-13-22(30-2)14-12-20/h3-16H,17H2,1-2H3,(H,26,29). The lowest BCUT2D eigenvalue weighted by Crippen LogP contribution is -2.25. The van der Waals surface area contributed by atoms with Crippen molar-refractivity contribution in [2.24, 2.45) is 0 Å². The maximum atomic E-state index is 13.1. The number of methoxy groups -OCH3 is 1. The Labute approximate surface area is 175 Å². The zero-order valence-corrected chi connectivity index (χ0v) is 17.0. The van der Waals surface area contributed by atoms with E-state index in [9.17, 15) is 4.79 Å². The Morgan fingerprint density at radius 3 is 2.43 bits per heavy atom. The van der Waals surface area contributed by atoms with Crippen molar-refractivity contribution in [2.45, 2.75) is 13.5 Å². The Morgan fingerprint density at radius 1 is 0.967 bits per heavy atom. The molecule has 5 heteroatoms. The summed E-state index contributed by atoms with van der Waals surface area (Å²) in [6.07, 6.45) is 0. The van der Waals surface area contributed by atoms with E-state index in [1.165, 1.54) is 0 Å². The van der Waals surface area contributed by atoms with E-state index in [0.717, 1.165) is 33.8 Å². The third-order valence-corrected chi connectivity index (χ3v) is 4.87. The van der Waals surface area contributed by atoms with Crippen LogP contribution in [0.2, 0.25) is 0 Å². The van der Waals surface area contributed by atoms with Crippen molar-refractivity contribution < 1.29 is 9.53 Å². The zero-order valence-electron chi connectivity index (χ0n) is 17.0. The van der Waals surface area contributed by atoms with Crippen molar-refractivity contribution in [3.05, 3.63) is 102 Å². The monoisotopic (exact) mass is 397 g/mol. The average Bonchev–Trinajstić information content (AvgIpc) is 3.24. The normalized spacial score (nSPS) is 10.6. The summed E-state index contributed by atoms with van der Waals surface area (Å²) in [5.41, 5.74) is 5.12. The molecule has 1 heterocycles. The highest BCUT2D eigenvalue weighted by Gasteiger charge is 2.18. The minimum Gasteiger partial charge on any atom is -0.497 e. The molecule has 0 aliphatic carbocycles. The van der Waals surface area contributed by atoms with Gasteiger partial charge in [-0.3, -0.25) is 4.79 Å².